The van der Waals surface area contributed by atoms with Gasteiger partial charge in [0.15, 0.2) is 11.5 Å². The Balaban J connectivity index is 1.68. The fourth-order valence-corrected chi connectivity index (χ4v) is 2.79. The van der Waals surface area contributed by atoms with Gasteiger partial charge in [0, 0.05) is 31.2 Å². The van der Waals surface area contributed by atoms with Gasteiger partial charge in [0.1, 0.15) is 5.75 Å². The van der Waals surface area contributed by atoms with Crippen LogP contribution in [0.4, 0.5) is 11.5 Å². The van der Waals surface area contributed by atoms with E-state index in [0.717, 1.165) is 6.41 Å². The molecule has 3 rings (SSSR count). The van der Waals surface area contributed by atoms with Crippen LogP contribution in [-0.4, -0.2) is 65.6 Å². The maximum absolute atomic E-state index is 12.5. The zero-order valence-electron chi connectivity index (χ0n) is 14.2. The van der Waals surface area contributed by atoms with Crippen molar-refractivity contribution in [2.75, 3.05) is 38.6 Å². The summed E-state index contributed by atoms with van der Waals surface area (Å²) in [6.45, 7) is 2.02. The average molecular weight is 376 g/mol. The van der Waals surface area contributed by atoms with Crippen LogP contribution in [0.25, 0.3) is 0 Å². The minimum absolute atomic E-state index is 0.199. The molecule has 1 N–H and O–H groups in total. The summed E-state index contributed by atoms with van der Waals surface area (Å²) in [7, 11) is 1.56. The number of carbonyl (C=O) groups is 2. The Morgan fingerprint density at radius 3 is 2.58 bits per heavy atom. The van der Waals surface area contributed by atoms with Crippen LogP contribution in [0.15, 0.2) is 30.3 Å². The van der Waals surface area contributed by atoms with Crippen LogP contribution in [0.3, 0.4) is 0 Å². The molecule has 9 heteroatoms. The summed E-state index contributed by atoms with van der Waals surface area (Å²) in [6.07, 6.45) is 0.798. The number of carbonyl (C=O) groups excluding carboxylic acids is 2. The number of anilines is 2. The molecule has 0 atom stereocenters. The Labute approximate surface area is 155 Å². The van der Waals surface area contributed by atoms with Crippen LogP contribution in [0.5, 0.6) is 5.75 Å². The number of hydrogen-bond donors (Lipinski definition) is 1. The maximum Gasteiger partial charge on any atom is 0.274 e. The van der Waals surface area contributed by atoms with Gasteiger partial charge in [0.05, 0.1) is 12.8 Å². The SMILES string of the molecule is COc1ccc(Cl)cc1Nc1ccc(C(=O)N2CCN(C=O)CC2)nn1. The third-order valence-electron chi connectivity index (χ3n) is 4.06. The number of nitrogens with one attached hydrogen (secondary N) is 1. The van der Waals surface area contributed by atoms with E-state index in [1.165, 1.54) is 0 Å². The highest BCUT2D eigenvalue weighted by atomic mass is 35.5. The second-order valence-electron chi connectivity index (χ2n) is 5.71. The Morgan fingerprint density at radius 2 is 1.96 bits per heavy atom. The molecule has 1 aliphatic heterocycles. The van der Waals surface area contributed by atoms with Gasteiger partial charge in [-0.1, -0.05) is 11.6 Å². The Morgan fingerprint density at radius 1 is 1.19 bits per heavy atom. The van der Waals surface area contributed by atoms with Crippen LogP contribution >= 0.6 is 11.6 Å². The topological polar surface area (TPSA) is 87.7 Å². The molecular formula is C17H18ClN5O3. The third kappa shape index (κ3) is 4.02. The quantitative estimate of drug-likeness (QED) is 0.802. The summed E-state index contributed by atoms with van der Waals surface area (Å²) in [5.41, 5.74) is 0.909. The van der Waals surface area contributed by atoms with Crippen molar-refractivity contribution >= 4 is 35.4 Å². The van der Waals surface area contributed by atoms with Crippen molar-refractivity contribution in [1.29, 1.82) is 0 Å². The number of rotatable bonds is 5. The Kier molecular flexibility index (Phi) is 5.52. The lowest BCUT2D eigenvalue weighted by molar-refractivity contribution is -0.119. The standard InChI is InChI=1S/C17H18ClN5O3/c1-26-15-4-2-12(18)10-14(15)19-16-5-3-13(20-21-16)17(25)23-8-6-22(11-24)7-9-23/h2-5,10-11H,6-9H2,1H3,(H,19,21). The van der Waals surface area contributed by atoms with Crippen molar-refractivity contribution in [3.63, 3.8) is 0 Å². The first kappa shape index (κ1) is 17.9. The summed E-state index contributed by atoms with van der Waals surface area (Å²) >= 11 is 6.01. The largest absolute Gasteiger partial charge is 0.495 e. The van der Waals surface area contributed by atoms with Gasteiger partial charge in [0.2, 0.25) is 6.41 Å². The van der Waals surface area contributed by atoms with E-state index in [1.807, 2.05) is 0 Å². The van der Waals surface area contributed by atoms with E-state index in [-0.39, 0.29) is 11.6 Å². The smallest absolute Gasteiger partial charge is 0.274 e. The number of aromatic nitrogens is 2. The van der Waals surface area contributed by atoms with E-state index < -0.39 is 0 Å². The highest BCUT2D eigenvalue weighted by Crippen LogP contribution is 2.29. The first-order valence-electron chi connectivity index (χ1n) is 8.03. The van der Waals surface area contributed by atoms with Crippen molar-refractivity contribution in [3.8, 4) is 5.75 Å². The molecule has 2 heterocycles. The van der Waals surface area contributed by atoms with Crippen LogP contribution in [0.2, 0.25) is 5.02 Å². The molecule has 0 unspecified atom stereocenters. The van der Waals surface area contributed by atoms with Crippen LogP contribution in [0, 0.1) is 0 Å². The molecule has 1 aliphatic rings. The fourth-order valence-electron chi connectivity index (χ4n) is 2.62. The number of halogens is 1. The molecule has 0 saturated carbocycles. The predicted molar refractivity (Wildman–Crippen MR) is 96.9 cm³/mol. The third-order valence-corrected chi connectivity index (χ3v) is 4.29. The lowest BCUT2D eigenvalue weighted by Crippen LogP contribution is -2.48. The van der Waals surface area contributed by atoms with Gasteiger partial charge in [0.25, 0.3) is 5.91 Å². The molecule has 1 fully saturated rings. The molecule has 1 aromatic heterocycles. The zero-order valence-corrected chi connectivity index (χ0v) is 14.9. The first-order chi connectivity index (χ1) is 12.6. The van der Waals surface area contributed by atoms with E-state index >= 15 is 0 Å². The molecular weight excluding hydrogens is 358 g/mol. The van der Waals surface area contributed by atoms with Gasteiger partial charge in [-0.15, -0.1) is 10.2 Å². The maximum atomic E-state index is 12.5. The van der Waals surface area contributed by atoms with Gasteiger partial charge in [-0.2, -0.15) is 0 Å². The predicted octanol–water partition coefficient (Wildman–Crippen LogP) is 1.80. The van der Waals surface area contributed by atoms with E-state index in [4.69, 9.17) is 16.3 Å². The normalized spacial score (nSPS) is 14.1. The molecule has 1 aromatic carbocycles. The molecule has 136 valence electrons. The molecule has 0 aliphatic carbocycles. The van der Waals surface area contributed by atoms with Gasteiger partial charge in [-0.05, 0) is 30.3 Å². The second-order valence-corrected chi connectivity index (χ2v) is 6.14. The Hall–Kier alpha value is -2.87. The van der Waals surface area contributed by atoms with Crippen molar-refractivity contribution in [2.24, 2.45) is 0 Å². The van der Waals surface area contributed by atoms with Gasteiger partial charge in [-0.25, -0.2) is 0 Å². The molecule has 0 radical (unpaired) electrons. The van der Waals surface area contributed by atoms with E-state index in [1.54, 1.807) is 47.2 Å². The van der Waals surface area contributed by atoms with Gasteiger partial charge >= 0.3 is 0 Å². The highest BCUT2D eigenvalue weighted by molar-refractivity contribution is 6.31. The molecule has 2 amide bonds. The molecule has 8 nitrogen and oxygen atoms in total. The molecule has 0 bridgehead atoms. The summed E-state index contributed by atoms with van der Waals surface area (Å²) in [5.74, 6) is 0.882. The summed E-state index contributed by atoms with van der Waals surface area (Å²) in [5, 5.41) is 11.7. The summed E-state index contributed by atoms with van der Waals surface area (Å²) < 4.78 is 5.27. The number of benzene rings is 1. The first-order valence-corrected chi connectivity index (χ1v) is 8.41. The number of amides is 2. The number of piperazine rings is 1. The number of methoxy groups -OCH3 is 1. The number of nitrogens with zero attached hydrogens (tertiary/aromatic N) is 4. The van der Waals surface area contributed by atoms with Crippen molar-refractivity contribution in [1.82, 2.24) is 20.0 Å². The Bertz CT molecular complexity index is 791. The zero-order chi connectivity index (χ0) is 18.5. The van der Waals surface area contributed by atoms with E-state index in [9.17, 15) is 9.59 Å². The van der Waals surface area contributed by atoms with Crippen molar-refractivity contribution < 1.29 is 14.3 Å². The molecule has 26 heavy (non-hydrogen) atoms. The van der Waals surface area contributed by atoms with Crippen LogP contribution in [-0.2, 0) is 4.79 Å². The summed E-state index contributed by atoms with van der Waals surface area (Å²) in [6, 6.07) is 8.47. The lowest BCUT2D eigenvalue weighted by Gasteiger charge is -2.32. The number of hydrogen-bond acceptors (Lipinski definition) is 6. The number of ether oxygens (including phenoxy) is 1. The van der Waals surface area contributed by atoms with Gasteiger partial charge < -0.3 is 19.9 Å². The van der Waals surface area contributed by atoms with Crippen LogP contribution < -0.4 is 10.1 Å². The molecule has 0 spiro atoms. The van der Waals surface area contributed by atoms with E-state index in [0.29, 0.717) is 48.5 Å². The minimum atomic E-state index is -0.199. The molecule has 2 aromatic rings. The van der Waals surface area contributed by atoms with Gasteiger partial charge in [-0.3, -0.25) is 9.59 Å². The fraction of sp³-hybridized carbons (Fsp3) is 0.294. The van der Waals surface area contributed by atoms with Crippen molar-refractivity contribution in [2.45, 2.75) is 0 Å². The summed E-state index contributed by atoms with van der Waals surface area (Å²) in [4.78, 5) is 26.5. The average Bonchev–Trinajstić information content (AvgIpc) is 2.68. The monoisotopic (exact) mass is 375 g/mol. The highest BCUT2D eigenvalue weighted by Gasteiger charge is 2.22. The second kappa shape index (κ2) is 8.01. The van der Waals surface area contributed by atoms with Crippen molar-refractivity contribution in [3.05, 3.63) is 41.0 Å². The molecule has 1 saturated heterocycles. The minimum Gasteiger partial charge on any atom is -0.495 e. The lowest BCUT2D eigenvalue weighted by atomic mass is 10.2. The van der Waals surface area contributed by atoms with Crippen LogP contribution in [0.1, 0.15) is 10.5 Å². The van der Waals surface area contributed by atoms with E-state index in [2.05, 4.69) is 15.5 Å².